The van der Waals surface area contributed by atoms with Crippen molar-refractivity contribution in [3.8, 4) is 0 Å². The van der Waals surface area contributed by atoms with E-state index < -0.39 is 6.23 Å². The van der Waals surface area contributed by atoms with Gasteiger partial charge in [0.25, 0.3) is 0 Å². The van der Waals surface area contributed by atoms with Gasteiger partial charge in [-0.1, -0.05) is 13.0 Å². The molecule has 0 aliphatic carbocycles. The highest BCUT2D eigenvalue weighted by molar-refractivity contribution is 7.80. The molecule has 1 aliphatic rings. The average Bonchev–Trinajstić information content (AvgIpc) is 2.53. The van der Waals surface area contributed by atoms with Crippen molar-refractivity contribution in [2.45, 2.75) is 25.6 Å². The van der Waals surface area contributed by atoms with Crippen LogP contribution in [0.3, 0.4) is 0 Å². The second kappa shape index (κ2) is 4.12. The molecule has 0 spiro atoms. The molecule has 0 aromatic carbocycles. The largest absolute Gasteiger partial charge is 0.372 e. The molecule has 0 amide bonds. The van der Waals surface area contributed by atoms with Crippen molar-refractivity contribution in [1.82, 2.24) is 9.88 Å². The maximum absolute atomic E-state index is 9.78. The van der Waals surface area contributed by atoms with Gasteiger partial charge < -0.3 is 5.11 Å². The number of rotatable bonds is 2. The van der Waals surface area contributed by atoms with E-state index in [4.69, 9.17) is 0 Å². The molecule has 15 heavy (non-hydrogen) atoms. The fraction of sp³-hybridized carbons (Fsp3) is 0.545. The summed E-state index contributed by atoms with van der Waals surface area (Å²) < 4.78 is 0. The zero-order valence-corrected chi connectivity index (χ0v) is 9.91. The Morgan fingerprint density at radius 2 is 2.47 bits per heavy atom. The van der Waals surface area contributed by atoms with Gasteiger partial charge in [0.2, 0.25) is 0 Å². The number of hydrogen-bond donors (Lipinski definition) is 2. The molecule has 1 aromatic heterocycles. The van der Waals surface area contributed by atoms with Gasteiger partial charge in [0.1, 0.15) is 0 Å². The lowest BCUT2D eigenvalue weighted by molar-refractivity contribution is 0.0309. The van der Waals surface area contributed by atoms with Gasteiger partial charge >= 0.3 is 0 Å². The van der Waals surface area contributed by atoms with Crippen LogP contribution in [0.5, 0.6) is 0 Å². The zero-order valence-electron chi connectivity index (χ0n) is 9.01. The summed E-state index contributed by atoms with van der Waals surface area (Å²) in [7, 11) is 1.90. The second-order valence-corrected chi connectivity index (χ2v) is 4.55. The molecule has 0 radical (unpaired) electrons. The first kappa shape index (κ1) is 10.9. The van der Waals surface area contributed by atoms with E-state index in [1.807, 2.05) is 18.1 Å². The van der Waals surface area contributed by atoms with Crippen molar-refractivity contribution < 1.29 is 5.11 Å². The Hall–Kier alpha value is -0.580. The zero-order chi connectivity index (χ0) is 11.0. The minimum absolute atomic E-state index is 0.411. The van der Waals surface area contributed by atoms with Crippen LogP contribution >= 0.6 is 12.6 Å². The predicted molar refractivity (Wildman–Crippen MR) is 62.9 cm³/mol. The van der Waals surface area contributed by atoms with Gasteiger partial charge in [-0.15, -0.1) is 0 Å². The van der Waals surface area contributed by atoms with Gasteiger partial charge in [-0.05, 0) is 29.8 Å². The molecule has 0 fully saturated rings. The fourth-order valence-corrected chi connectivity index (χ4v) is 2.05. The monoisotopic (exact) mass is 224 g/mol. The molecule has 1 N–H and O–H groups in total. The third-order valence-electron chi connectivity index (χ3n) is 2.95. The molecule has 2 heterocycles. The molecule has 0 saturated carbocycles. The summed E-state index contributed by atoms with van der Waals surface area (Å²) in [6, 6.07) is 2.13. The van der Waals surface area contributed by atoms with Gasteiger partial charge in [-0.3, -0.25) is 9.88 Å². The van der Waals surface area contributed by atoms with Crippen LogP contribution in [0.2, 0.25) is 0 Å². The van der Waals surface area contributed by atoms with Crippen molar-refractivity contribution >= 4 is 12.6 Å². The van der Waals surface area contributed by atoms with Crippen molar-refractivity contribution in [2.24, 2.45) is 0 Å². The lowest BCUT2D eigenvalue weighted by atomic mass is 10.0. The van der Waals surface area contributed by atoms with Gasteiger partial charge in [-0.2, -0.15) is 12.6 Å². The first-order valence-corrected chi connectivity index (χ1v) is 5.74. The van der Waals surface area contributed by atoms with Crippen LogP contribution in [0.15, 0.2) is 12.3 Å². The highest BCUT2D eigenvalue weighted by Gasteiger charge is 2.27. The number of aliphatic hydroxyl groups is 1. The van der Waals surface area contributed by atoms with Crippen LogP contribution in [-0.4, -0.2) is 27.8 Å². The van der Waals surface area contributed by atoms with Crippen molar-refractivity contribution in [3.05, 3.63) is 29.1 Å². The highest BCUT2D eigenvalue weighted by atomic mass is 32.1. The Kier molecular flexibility index (Phi) is 3.00. The second-order valence-electron chi connectivity index (χ2n) is 4.19. The molecule has 82 valence electrons. The van der Waals surface area contributed by atoms with Crippen LogP contribution in [0.1, 0.15) is 35.9 Å². The molecular weight excluding hydrogens is 208 g/mol. The van der Waals surface area contributed by atoms with Crippen LogP contribution in [0.25, 0.3) is 0 Å². The maximum atomic E-state index is 9.78. The van der Waals surface area contributed by atoms with E-state index in [1.54, 1.807) is 0 Å². The SMILES string of the molecule is CC(CS)c1cnc2c(c1)CN(C)C2O. The summed E-state index contributed by atoms with van der Waals surface area (Å²) in [6.07, 6.45) is 1.31. The minimum atomic E-state index is -0.541. The Morgan fingerprint density at radius 1 is 1.73 bits per heavy atom. The molecule has 3 nitrogen and oxygen atoms in total. The Bertz CT molecular complexity index is 370. The maximum Gasteiger partial charge on any atom is 0.150 e. The Morgan fingerprint density at radius 3 is 3.13 bits per heavy atom. The van der Waals surface area contributed by atoms with Gasteiger partial charge in [-0.25, -0.2) is 0 Å². The van der Waals surface area contributed by atoms with Gasteiger partial charge in [0, 0.05) is 12.7 Å². The lowest BCUT2D eigenvalue weighted by Crippen LogP contribution is -2.15. The minimum Gasteiger partial charge on any atom is -0.372 e. The van der Waals surface area contributed by atoms with Gasteiger partial charge in [0.05, 0.1) is 5.69 Å². The van der Waals surface area contributed by atoms with E-state index in [0.717, 1.165) is 23.6 Å². The molecule has 2 atom stereocenters. The van der Waals surface area contributed by atoms with Crippen LogP contribution < -0.4 is 0 Å². The van der Waals surface area contributed by atoms with E-state index in [0.29, 0.717) is 5.92 Å². The molecular formula is C11H16N2OS. The summed E-state index contributed by atoms with van der Waals surface area (Å²) in [5.74, 6) is 1.23. The quantitative estimate of drug-likeness (QED) is 0.748. The third kappa shape index (κ3) is 1.89. The van der Waals surface area contributed by atoms with E-state index in [9.17, 15) is 5.11 Å². The topological polar surface area (TPSA) is 36.4 Å². The van der Waals surface area contributed by atoms with Gasteiger partial charge in [0.15, 0.2) is 6.23 Å². The molecule has 4 heteroatoms. The predicted octanol–water partition coefficient (Wildman–Crippen LogP) is 1.55. The summed E-state index contributed by atoms with van der Waals surface area (Å²) in [5, 5.41) is 9.78. The highest BCUT2D eigenvalue weighted by Crippen LogP contribution is 2.30. The van der Waals surface area contributed by atoms with E-state index in [1.165, 1.54) is 5.56 Å². The van der Waals surface area contributed by atoms with Crippen molar-refractivity contribution in [1.29, 1.82) is 0 Å². The first-order valence-electron chi connectivity index (χ1n) is 5.11. The molecule has 1 aliphatic heterocycles. The summed E-state index contributed by atoms with van der Waals surface area (Å²) in [5.41, 5.74) is 3.13. The number of thiol groups is 1. The molecule has 2 unspecified atom stereocenters. The number of pyridine rings is 1. The third-order valence-corrected chi connectivity index (χ3v) is 3.50. The van der Waals surface area contributed by atoms with Crippen molar-refractivity contribution in [3.63, 3.8) is 0 Å². The number of hydrogen-bond acceptors (Lipinski definition) is 4. The molecule has 2 rings (SSSR count). The lowest BCUT2D eigenvalue weighted by Gasteiger charge is -2.12. The fourth-order valence-electron chi connectivity index (χ4n) is 1.84. The average molecular weight is 224 g/mol. The number of aromatic nitrogens is 1. The van der Waals surface area contributed by atoms with E-state index in [2.05, 4.69) is 30.6 Å². The molecule has 0 saturated heterocycles. The number of fused-ring (bicyclic) bond motifs is 1. The Balaban J connectivity index is 2.33. The molecule has 0 bridgehead atoms. The standard InChI is InChI=1S/C11H16N2OS/c1-7(6-15)8-3-9-5-13(2)11(14)10(9)12-4-8/h3-4,7,11,14-15H,5-6H2,1-2H3. The van der Waals surface area contributed by atoms with Crippen LogP contribution in [-0.2, 0) is 6.54 Å². The smallest absolute Gasteiger partial charge is 0.150 e. The normalized spacial score (nSPS) is 22.8. The first-order chi connectivity index (χ1) is 7.13. The summed E-state index contributed by atoms with van der Waals surface area (Å²) in [6.45, 7) is 2.90. The summed E-state index contributed by atoms with van der Waals surface area (Å²) in [4.78, 5) is 6.22. The molecule has 1 aromatic rings. The Labute approximate surface area is 95.5 Å². The van der Waals surface area contributed by atoms with E-state index >= 15 is 0 Å². The number of nitrogens with zero attached hydrogens (tertiary/aromatic N) is 2. The van der Waals surface area contributed by atoms with Crippen LogP contribution in [0.4, 0.5) is 0 Å². The van der Waals surface area contributed by atoms with Crippen molar-refractivity contribution in [2.75, 3.05) is 12.8 Å². The number of aliphatic hydroxyl groups excluding tert-OH is 1. The summed E-state index contributed by atoms with van der Waals surface area (Å²) >= 11 is 4.28. The van der Waals surface area contributed by atoms with E-state index in [-0.39, 0.29) is 0 Å². The van der Waals surface area contributed by atoms with Crippen LogP contribution in [0, 0.1) is 0 Å².